The van der Waals surface area contributed by atoms with Gasteiger partial charge in [-0.1, -0.05) is 71.9 Å². The lowest BCUT2D eigenvalue weighted by molar-refractivity contribution is 0.105. The Kier molecular flexibility index (Phi) is 4.85. The summed E-state index contributed by atoms with van der Waals surface area (Å²) in [7, 11) is 0. The van der Waals surface area contributed by atoms with Crippen LogP contribution in [0.15, 0.2) is 78.0 Å². The number of carbonyl (C=O) groups is 2. The van der Waals surface area contributed by atoms with E-state index < -0.39 is 6.09 Å². The van der Waals surface area contributed by atoms with Gasteiger partial charge in [-0.3, -0.25) is 14.9 Å². The topological polar surface area (TPSA) is 67.8 Å². The van der Waals surface area contributed by atoms with Gasteiger partial charge in [0.1, 0.15) is 5.71 Å². The fourth-order valence-electron chi connectivity index (χ4n) is 2.42. The first kappa shape index (κ1) is 16.4. The lowest BCUT2D eigenvalue weighted by atomic mass is 10.1. The molecule has 0 saturated heterocycles. The number of oxime groups is 1. The lowest BCUT2D eigenvalue weighted by Crippen LogP contribution is -2.15. The Bertz CT molecular complexity index is 944. The summed E-state index contributed by atoms with van der Waals surface area (Å²) < 4.78 is 0. The quantitative estimate of drug-likeness (QED) is 0.327. The molecule has 1 amide bonds. The summed E-state index contributed by atoms with van der Waals surface area (Å²) in [6.45, 7) is 1.50. The minimum atomic E-state index is -0.753. The molecule has 0 heterocycles. The van der Waals surface area contributed by atoms with Gasteiger partial charge in [-0.25, -0.2) is 4.79 Å². The fourth-order valence-corrected chi connectivity index (χ4v) is 2.42. The summed E-state index contributed by atoms with van der Waals surface area (Å²) in [4.78, 5) is 28.9. The molecule has 0 fully saturated rings. The van der Waals surface area contributed by atoms with Gasteiger partial charge in [0.05, 0.1) is 5.69 Å². The van der Waals surface area contributed by atoms with Crippen molar-refractivity contribution in [3.63, 3.8) is 0 Å². The third-order valence-corrected chi connectivity index (χ3v) is 3.66. The Hall–Kier alpha value is -3.47. The smallest absolute Gasteiger partial charge is 0.297 e. The second-order valence-electron chi connectivity index (χ2n) is 5.40. The number of carbonyl (C=O) groups excluding carboxylic acids is 2. The van der Waals surface area contributed by atoms with Crippen molar-refractivity contribution < 1.29 is 14.4 Å². The van der Waals surface area contributed by atoms with E-state index >= 15 is 0 Å². The van der Waals surface area contributed by atoms with Crippen LogP contribution in [0.25, 0.3) is 10.8 Å². The number of nitrogens with zero attached hydrogens (tertiary/aromatic N) is 1. The predicted molar refractivity (Wildman–Crippen MR) is 97.9 cm³/mol. The Balaban J connectivity index is 1.69. The lowest BCUT2D eigenvalue weighted by Gasteiger charge is -2.07. The van der Waals surface area contributed by atoms with E-state index in [0.29, 0.717) is 11.3 Å². The van der Waals surface area contributed by atoms with Crippen LogP contribution in [-0.2, 0) is 4.84 Å². The van der Waals surface area contributed by atoms with Crippen molar-refractivity contribution in [1.82, 2.24) is 0 Å². The molecule has 0 bridgehead atoms. The van der Waals surface area contributed by atoms with Crippen LogP contribution in [0, 0.1) is 0 Å². The van der Waals surface area contributed by atoms with Crippen LogP contribution in [0.1, 0.15) is 17.3 Å². The highest BCUT2D eigenvalue weighted by molar-refractivity contribution is 6.45. The Labute approximate surface area is 144 Å². The van der Waals surface area contributed by atoms with Crippen molar-refractivity contribution in [3.8, 4) is 0 Å². The van der Waals surface area contributed by atoms with Gasteiger partial charge in [-0.05, 0) is 18.4 Å². The zero-order chi connectivity index (χ0) is 17.6. The van der Waals surface area contributed by atoms with Gasteiger partial charge in [0.15, 0.2) is 0 Å². The van der Waals surface area contributed by atoms with Gasteiger partial charge < -0.3 is 0 Å². The summed E-state index contributed by atoms with van der Waals surface area (Å²) in [5.74, 6) is -0.293. The first-order valence-electron chi connectivity index (χ1n) is 7.75. The van der Waals surface area contributed by atoms with E-state index in [1.165, 1.54) is 6.92 Å². The van der Waals surface area contributed by atoms with Crippen molar-refractivity contribution in [2.45, 2.75) is 6.92 Å². The molecule has 3 aromatic rings. The summed E-state index contributed by atoms with van der Waals surface area (Å²) in [6, 6.07) is 21.9. The molecule has 0 aliphatic rings. The van der Waals surface area contributed by atoms with Crippen molar-refractivity contribution in [1.29, 1.82) is 0 Å². The number of hydrogen-bond donors (Lipinski definition) is 1. The highest BCUT2D eigenvalue weighted by Crippen LogP contribution is 2.23. The molecule has 0 spiro atoms. The van der Waals surface area contributed by atoms with Crippen LogP contribution >= 0.6 is 0 Å². The second-order valence-corrected chi connectivity index (χ2v) is 5.40. The van der Waals surface area contributed by atoms with Crippen molar-refractivity contribution in [2.24, 2.45) is 5.16 Å². The van der Waals surface area contributed by atoms with Gasteiger partial charge in [0.2, 0.25) is 5.78 Å². The summed E-state index contributed by atoms with van der Waals surface area (Å²) in [5.41, 5.74) is 1.20. The first-order chi connectivity index (χ1) is 12.1. The maximum absolute atomic E-state index is 12.1. The zero-order valence-electron chi connectivity index (χ0n) is 13.6. The number of anilines is 1. The molecule has 1 N–H and O–H groups in total. The molecule has 5 nitrogen and oxygen atoms in total. The van der Waals surface area contributed by atoms with E-state index in [9.17, 15) is 9.59 Å². The molecular formula is C20H16N2O3. The number of ketones is 1. The molecule has 0 unspecified atom stereocenters. The molecule has 0 aliphatic heterocycles. The van der Waals surface area contributed by atoms with E-state index in [2.05, 4.69) is 10.5 Å². The fraction of sp³-hybridized carbons (Fsp3) is 0.0500. The molecule has 3 aromatic carbocycles. The molecule has 124 valence electrons. The van der Waals surface area contributed by atoms with E-state index in [1.807, 2.05) is 42.5 Å². The van der Waals surface area contributed by atoms with E-state index in [-0.39, 0.29) is 11.5 Å². The van der Waals surface area contributed by atoms with Crippen LogP contribution in [0.2, 0.25) is 0 Å². The van der Waals surface area contributed by atoms with Gasteiger partial charge in [0, 0.05) is 10.9 Å². The largest absolute Gasteiger partial charge is 0.437 e. The summed E-state index contributed by atoms with van der Waals surface area (Å²) >= 11 is 0. The SMILES string of the molecule is CC(=NOC(=O)Nc1cccc2ccccc12)C(=O)c1ccccc1. The Morgan fingerprint density at radius 3 is 2.36 bits per heavy atom. The first-order valence-corrected chi connectivity index (χ1v) is 7.75. The standard InChI is InChI=1S/C20H16N2O3/c1-14(19(23)16-9-3-2-4-10-16)22-25-20(24)21-18-13-7-11-15-8-5-6-12-17(15)18/h2-13H,1H3,(H,21,24). The molecule has 0 aliphatic carbocycles. The molecule has 0 aromatic heterocycles. The Morgan fingerprint density at radius 1 is 0.880 bits per heavy atom. The van der Waals surface area contributed by atoms with Crippen LogP contribution in [-0.4, -0.2) is 17.6 Å². The van der Waals surface area contributed by atoms with Gasteiger partial charge >= 0.3 is 6.09 Å². The highest BCUT2D eigenvalue weighted by Gasteiger charge is 2.11. The van der Waals surface area contributed by atoms with Crippen LogP contribution < -0.4 is 5.32 Å². The van der Waals surface area contributed by atoms with Crippen molar-refractivity contribution in [2.75, 3.05) is 5.32 Å². The molecule has 0 saturated carbocycles. The van der Waals surface area contributed by atoms with Crippen LogP contribution in [0.3, 0.4) is 0 Å². The summed E-state index contributed by atoms with van der Waals surface area (Å²) in [5, 5.41) is 8.16. The number of fused-ring (bicyclic) bond motifs is 1. The molecular weight excluding hydrogens is 316 g/mol. The molecule has 25 heavy (non-hydrogen) atoms. The third kappa shape index (κ3) is 3.90. The van der Waals surface area contributed by atoms with Gasteiger partial charge in [-0.2, -0.15) is 0 Å². The number of amides is 1. The highest BCUT2D eigenvalue weighted by atomic mass is 16.7. The normalized spacial score (nSPS) is 11.2. The predicted octanol–water partition coefficient (Wildman–Crippen LogP) is 4.65. The number of hydrogen-bond acceptors (Lipinski definition) is 4. The average molecular weight is 332 g/mol. The van der Waals surface area contributed by atoms with Crippen LogP contribution in [0.4, 0.5) is 10.5 Å². The van der Waals surface area contributed by atoms with E-state index in [4.69, 9.17) is 4.84 Å². The maximum atomic E-state index is 12.1. The number of rotatable bonds is 4. The van der Waals surface area contributed by atoms with E-state index in [1.54, 1.807) is 30.3 Å². The number of nitrogens with one attached hydrogen (secondary N) is 1. The number of benzene rings is 3. The minimum absolute atomic E-state index is 0.0965. The molecule has 5 heteroatoms. The summed E-state index contributed by atoms with van der Waals surface area (Å²) in [6.07, 6.45) is -0.753. The number of Topliss-reactive ketones (excluding diaryl/α,β-unsaturated/α-hetero) is 1. The molecule has 3 rings (SSSR count). The van der Waals surface area contributed by atoms with Crippen LogP contribution in [0.5, 0.6) is 0 Å². The van der Waals surface area contributed by atoms with Crippen molar-refractivity contribution in [3.05, 3.63) is 78.4 Å². The minimum Gasteiger partial charge on any atom is -0.297 e. The molecule has 0 radical (unpaired) electrons. The second kappa shape index (κ2) is 7.40. The monoisotopic (exact) mass is 332 g/mol. The maximum Gasteiger partial charge on any atom is 0.437 e. The third-order valence-electron chi connectivity index (χ3n) is 3.66. The molecule has 0 atom stereocenters. The van der Waals surface area contributed by atoms with E-state index in [0.717, 1.165) is 10.8 Å². The van der Waals surface area contributed by atoms with Crippen molar-refractivity contribution >= 4 is 34.0 Å². The average Bonchev–Trinajstić information content (AvgIpc) is 2.66. The zero-order valence-corrected chi connectivity index (χ0v) is 13.6. The van der Waals surface area contributed by atoms with Gasteiger partial charge in [-0.15, -0.1) is 0 Å². The Morgan fingerprint density at radius 2 is 1.56 bits per heavy atom. The van der Waals surface area contributed by atoms with Gasteiger partial charge in [0.25, 0.3) is 0 Å².